The number of esters is 1. The Labute approximate surface area is 123 Å². The molecule has 2 amide bonds. The van der Waals surface area contributed by atoms with Gasteiger partial charge in [0.05, 0.1) is 17.6 Å². The molecule has 0 saturated carbocycles. The number of nitrogens with one attached hydrogen (secondary N) is 2. The van der Waals surface area contributed by atoms with Crippen molar-refractivity contribution in [3.8, 4) is 0 Å². The first-order chi connectivity index (χ1) is 10.1. The van der Waals surface area contributed by atoms with Crippen molar-refractivity contribution in [2.75, 3.05) is 7.11 Å². The molecule has 1 fully saturated rings. The summed E-state index contributed by atoms with van der Waals surface area (Å²) in [6.07, 6.45) is 3.98. The number of thioether (sulfide) groups is 1. The average Bonchev–Trinajstić information content (AvgIpc) is 2.85. The highest BCUT2D eigenvalue weighted by Gasteiger charge is 2.25. The number of methoxy groups -OCH3 is 1. The predicted octanol–water partition coefficient (Wildman–Crippen LogP) is 0.00230. The van der Waals surface area contributed by atoms with E-state index in [1.54, 1.807) is 18.3 Å². The molecule has 8 nitrogen and oxygen atoms in total. The van der Waals surface area contributed by atoms with Gasteiger partial charge in [-0.1, -0.05) is 0 Å². The fourth-order valence-corrected chi connectivity index (χ4v) is 2.05. The fraction of sp³-hybridized carbons (Fsp3) is 0.0833. The van der Waals surface area contributed by atoms with Gasteiger partial charge in [-0.25, -0.2) is 10.2 Å². The van der Waals surface area contributed by atoms with Crippen LogP contribution in [0.25, 0.3) is 0 Å². The van der Waals surface area contributed by atoms with E-state index in [0.29, 0.717) is 5.56 Å². The highest BCUT2D eigenvalue weighted by Crippen LogP contribution is 2.22. The van der Waals surface area contributed by atoms with Crippen LogP contribution in [0.3, 0.4) is 0 Å². The fourth-order valence-electron chi connectivity index (χ4n) is 1.31. The van der Waals surface area contributed by atoms with Crippen LogP contribution < -0.4 is 10.7 Å². The van der Waals surface area contributed by atoms with Gasteiger partial charge in [-0.15, -0.1) is 5.10 Å². The van der Waals surface area contributed by atoms with E-state index in [0.717, 1.165) is 17.8 Å². The van der Waals surface area contributed by atoms with E-state index in [2.05, 4.69) is 25.6 Å². The van der Waals surface area contributed by atoms with Crippen LogP contribution in [-0.2, 0) is 14.3 Å². The number of carbonyl (C=O) groups is 3. The van der Waals surface area contributed by atoms with Crippen LogP contribution in [0.4, 0.5) is 0 Å². The number of hydrazone groups is 1. The molecule has 21 heavy (non-hydrogen) atoms. The maximum absolute atomic E-state index is 11.7. The topological polar surface area (TPSA) is 110 Å². The Morgan fingerprint density at radius 1 is 1.52 bits per heavy atom. The molecule has 1 aliphatic heterocycles. The molecule has 9 heteroatoms. The monoisotopic (exact) mass is 306 g/mol. The molecule has 2 rings (SSSR count). The molecule has 0 aliphatic carbocycles. The van der Waals surface area contributed by atoms with E-state index in [1.807, 2.05) is 0 Å². The lowest BCUT2D eigenvalue weighted by Crippen LogP contribution is -2.25. The Morgan fingerprint density at radius 2 is 2.33 bits per heavy atom. The predicted molar refractivity (Wildman–Crippen MR) is 75.0 cm³/mol. The number of ether oxygens (including phenoxy) is 1. The second kappa shape index (κ2) is 6.66. The van der Waals surface area contributed by atoms with Gasteiger partial charge in [0.15, 0.2) is 5.17 Å². The molecule has 0 radical (unpaired) electrons. The standard InChI is InChI=1S/C12H10N4O4S/c1-20-9(17)5-8-11(19)14-12(21-8)16-15-10(18)7-3-2-4-13-6-7/h2-6H,1H3,(H,15,18)(H,14,16,19)/b8-5-. The number of nitrogens with zero attached hydrogens (tertiary/aromatic N) is 2. The molecule has 1 aromatic heterocycles. The lowest BCUT2D eigenvalue weighted by Gasteiger charge is -1.99. The van der Waals surface area contributed by atoms with Crippen molar-refractivity contribution < 1.29 is 19.1 Å². The number of amidine groups is 1. The summed E-state index contributed by atoms with van der Waals surface area (Å²) in [4.78, 5) is 38.3. The third-order valence-electron chi connectivity index (χ3n) is 2.28. The molecular formula is C12H10N4O4S. The van der Waals surface area contributed by atoms with E-state index in [4.69, 9.17) is 0 Å². The minimum absolute atomic E-state index is 0.135. The summed E-state index contributed by atoms with van der Waals surface area (Å²) in [5, 5.41) is 6.33. The first kappa shape index (κ1) is 14.7. The summed E-state index contributed by atoms with van der Waals surface area (Å²) >= 11 is 0.919. The molecule has 1 saturated heterocycles. The van der Waals surface area contributed by atoms with E-state index >= 15 is 0 Å². The maximum Gasteiger partial charge on any atom is 0.331 e. The second-order valence-corrected chi connectivity index (χ2v) is 4.72. The van der Waals surface area contributed by atoms with Crippen molar-refractivity contribution in [2.24, 2.45) is 5.10 Å². The molecule has 0 spiro atoms. The van der Waals surface area contributed by atoms with Crippen molar-refractivity contribution in [1.82, 2.24) is 15.7 Å². The summed E-state index contributed by atoms with van der Waals surface area (Å²) in [5.74, 6) is -1.59. The lowest BCUT2D eigenvalue weighted by molar-refractivity contribution is -0.135. The number of carbonyl (C=O) groups excluding carboxylic acids is 3. The molecule has 1 aliphatic rings. The first-order valence-electron chi connectivity index (χ1n) is 5.67. The zero-order valence-corrected chi connectivity index (χ0v) is 11.6. The number of amides is 2. The molecule has 108 valence electrons. The molecule has 0 unspecified atom stereocenters. The molecule has 0 aromatic carbocycles. The van der Waals surface area contributed by atoms with Gasteiger partial charge in [0.2, 0.25) is 0 Å². The number of aromatic nitrogens is 1. The number of hydrogen-bond donors (Lipinski definition) is 2. The lowest BCUT2D eigenvalue weighted by atomic mass is 10.3. The highest BCUT2D eigenvalue weighted by atomic mass is 32.2. The highest BCUT2D eigenvalue weighted by molar-refractivity contribution is 8.18. The van der Waals surface area contributed by atoms with Gasteiger partial charge >= 0.3 is 5.97 Å². The maximum atomic E-state index is 11.7. The number of hydrogen-bond acceptors (Lipinski definition) is 7. The smallest absolute Gasteiger partial charge is 0.331 e. The van der Waals surface area contributed by atoms with E-state index in [-0.39, 0.29) is 10.1 Å². The minimum atomic E-state index is -0.645. The third-order valence-corrected chi connectivity index (χ3v) is 3.19. The van der Waals surface area contributed by atoms with Gasteiger partial charge in [0.25, 0.3) is 11.8 Å². The Kier molecular flexibility index (Phi) is 4.67. The number of pyridine rings is 1. The molecule has 1 aromatic rings. The summed E-state index contributed by atoms with van der Waals surface area (Å²) in [7, 11) is 1.21. The Morgan fingerprint density at radius 3 is 3.00 bits per heavy atom. The number of rotatable bonds is 3. The zero-order chi connectivity index (χ0) is 15.2. The zero-order valence-electron chi connectivity index (χ0n) is 10.8. The van der Waals surface area contributed by atoms with Crippen LogP contribution in [0.5, 0.6) is 0 Å². The molecule has 2 N–H and O–H groups in total. The first-order valence-corrected chi connectivity index (χ1v) is 6.48. The van der Waals surface area contributed by atoms with Gasteiger partial charge < -0.3 is 4.74 Å². The quantitative estimate of drug-likeness (QED) is 0.462. The average molecular weight is 306 g/mol. The molecular weight excluding hydrogens is 296 g/mol. The summed E-state index contributed by atoms with van der Waals surface area (Å²) < 4.78 is 4.43. The Balaban J connectivity index is 2.01. The van der Waals surface area contributed by atoms with E-state index < -0.39 is 17.8 Å². The largest absolute Gasteiger partial charge is 0.466 e. The van der Waals surface area contributed by atoms with E-state index in [1.165, 1.54) is 13.3 Å². The molecule has 0 bridgehead atoms. The van der Waals surface area contributed by atoms with Crippen LogP contribution in [-0.4, -0.2) is 35.0 Å². The van der Waals surface area contributed by atoms with Gasteiger partial charge in [-0.05, 0) is 23.9 Å². The van der Waals surface area contributed by atoms with Crippen LogP contribution >= 0.6 is 11.8 Å². The molecule has 2 heterocycles. The minimum Gasteiger partial charge on any atom is -0.466 e. The Bertz CT molecular complexity index is 642. The Hall–Kier alpha value is -2.68. The summed E-state index contributed by atoms with van der Waals surface area (Å²) in [6, 6.07) is 3.19. The van der Waals surface area contributed by atoms with Gasteiger partial charge in [-0.2, -0.15) is 0 Å². The van der Waals surface area contributed by atoms with Crippen molar-refractivity contribution in [1.29, 1.82) is 0 Å². The van der Waals surface area contributed by atoms with Crippen molar-refractivity contribution in [3.05, 3.63) is 41.1 Å². The summed E-state index contributed by atoms with van der Waals surface area (Å²) in [5.41, 5.74) is 2.61. The normalized spacial score (nSPS) is 17.7. The van der Waals surface area contributed by atoms with Crippen LogP contribution in [0.2, 0.25) is 0 Å². The SMILES string of the molecule is COC(=O)/C=C1\S/C(=N/NC(=O)c2cccnc2)NC1=O. The van der Waals surface area contributed by atoms with Crippen molar-refractivity contribution >= 4 is 34.7 Å². The van der Waals surface area contributed by atoms with Crippen molar-refractivity contribution in [2.45, 2.75) is 0 Å². The van der Waals surface area contributed by atoms with Gasteiger partial charge in [0.1, 0.15) is 0 Å². The third kappa shape index (κ3) is 3.89. The van der Waals surface area contributed by atoms with E-state index in [9.17, 15) is 14.4 Å². The van der Waals surface area contributed by atoms with Gasteiger partial charge in [0, 0.05) is 18.5 Å². The van der Waals surface area contributed by atoms with Crippen LogP contribution in [0.1, 0.15) is 10.4 Å². The summed E-state index contributed by atoms with van der Waals surface area (Å²) in [6.45, 7) is 0. The van der Waals surface area contributed by atoms with Crippen LogP contribution in [0.15, 0.2) is 40.6 Å². The van der Waals surface area contributed by atoms with Gasteiger partial charge in [-0.3, -0.25) is 19.9 Å². The van der Waals surface area contributed by atoms with Crippen LogP contribution in [0, 0.1) is 0 Å². The molecule has 0 atom stereocenters. The second-order valence-electron chi connectivity index (χ2n) is 3.69. The van der Waals surface area contributed by atoms with Crippen molar-refractivity contribution in [3.63, 3.8) is 0 Å².